The van der Waals surface area contributed by atoms with Crippen LogP contribution in [-0.2, 0) is 34.1 Å². The number of aryl methyl sites for hydroxylation is 1. The maximum Gasteiger partial charge on any atom is -1.00 e. The van der Waals surface area contributed by atoms with Gasteiger partial charge in [0.1, 0.15) is 0 Å². The summed E-state index contributed by atoms with van der Waals surface area (Å²) >= 11 is -1.01. The molecule has 0 amide bonds. The zero-order valence-corrected chi connectivity index (χ0v) is 37.2. The minimum absolute atomic E-state index is 0. The molecule has 0 fully saturated rings. The first-order chi connectivity index (χ1) is 22.5. The maximum atomic E-state index is 2.66. The molecule has 2 bridgehead atoms. The molecule has 2 aliphatic carbocycles. The molecule has 1 aliphatic heterocycles. The summed E-state index contributed by atoms with van der Waals surface area (Å²) in [6, 6.07) is 28.9. The Balaban J connectivity index is 0.00000243. The Hall–Kier alpha value is -1.96. The maximum absolute atomic E-state index is 2.66. The van der Waals surface area contributed by atoms with Gasteiger partial charge in [0.05, 0.1) is 0 Å². The number of halogens is 2. The molecule has 50 heavy (non-hydrogen) atoms. The molecule has 2 atom stereocenters. The second-order valence-electron chi connectivity index (χ2n) is 17.6. The fourth-order valence-electron chi connectivity index (χ4n) is 9.15. The molecule has 4 aromatic rings. The van der Waals surface area contributed by atoms with Crippen molar-refractivity contribution < 1.29 is 48.0 Å². The van der Waals surface area contributed by atoms with Crippen LogP contribution in [0.3, 0.4) is 0 Å². The quantitative estimate of drug-likeness (QED) is 0.196. The standard InChI is InChI=1S/C24H29Si.C22H25.2ClH.Zr/c1-8-16-14-18-13-15(2)22-20(21(18)23(16)25(22,6)7)17-9-11-19(12-10-17)24(3,4)5;1-15(2)18-13-17-7-6-8-20(21(17)14-18)16-9-11-19(12-10-16)22(3,4)5;;;/h9-14H,8H2,1-7H3;6-15H,1-5H3;2*1H;/q;;;;+2/p-2. The van der Waals surface area contributed by atoms with Crippen molar-refractivity contribution in [2.75, 3.05) is 0 Å². The summed E-state index contributed by atoms with van der Waals surface area (Å²) in [5.74, 6) is 0.550. The van der Waals surface area contributed by atoms with E-state index < -0.39 is 31.3 Å². The van der Waals surface area contributed by atoms with Gasteiger partial charge >= 0.3 is 306 Å². The second-order valence-corrected chi connectivity index (χ2v) is 25.5. The molecular formula is C46H54Cl2SiZr. The van der Waals surface area contributed by atoms with E-state index in [1.807, 2.05) is 10.8 Å². The smallest absolute Gasteiger partial charge is 1.00 e. The minimum Gasteiger partial charge on any atom is -1.00 e. The fourth-order valence-corrected chi connectivity index (χ4v) is 19.5. The summed E-state index contributed by atoms with van der Waals surface area (Å²) in [5.41, 5.74) is 20.4. The van der Waals surface area contributed by atoms with E-state index in [1.54, 1.807) is 38.6 Å². The molecule has 1 heterocycles. The van der Waals surface area contributed by atoms with Crippen LogP contribution in [0.25, 0.3) is 33.5 Å². The Morgan fingerprint density at radius 3 is 1.80 bits per heavy atom. The van der Waals surface area contributed by atoms with Crippen LogP contribution < -0.4 is 30.0 Å². The number of benzene rings is 4. The van der Waals surface area contributed by atoms with Gasteiger partial charge in [-0.15, -0.1) is 0 Å². The number of rotatable bonds is 6. The molecule has 0 saturated carbocycles. The van der Waals surface area contributed by atoms with Crippen LogP contribution in [0.15, 0.2) is 83.9 Å². The summed E-state index contributed by atoms with van der Waals surface area (Å²) in [6.07, 6.45) is 3.80. The number of allylic oxidation sites excluding steroid dienone is 2. The molecule has 0 radical (unpaired) electrons. The first kappa shape index (κ1) is 39.3. The van der Waals surface area contributed by atoms with Crippen molar-refractivity contribution in [2.24, 2.45) is 5.92 Å². The molecule has 3 aliphatic rings. The average molecular weight is 797 g/mol. The topological polar surface area (TPSA) is 0 Å². The summed E-state index contributed by atoms with van der Waals surface area (Å²) in [7, 11) is -1.83. The van der Waals surface area contributed by atoms with Gasteiger partial charge in [-0.25, -0.2) is 0 Å². The Bertz CT molecular complexity index is 2000. The number of fused-ring (bicyclic) bond motifs is 2. The van der Waals surface area contributed by atoms with Gasteiger partial charge in [-0.1, -0.05) is 0 Å². The zero-order chi connectivity index (χ0) is 34.5. The van der Waals surface area contributed by atoms with E-state index in [9.17, 15) is 0 Å². The number of hydrogen-bond donors (Lipinski definition) is 0. The second kappa shape index (κ2) is 13.8. The van der Waals surface area contributed by atoms with Crippen molar-refractivity contribution in [3.63, 3.8) is 0 Å². The molecule has 0 N–H and O–H groups in total. The van der Waals surface area contributed by atoms with Crippen LogP contribution in [-0.4, -0.2) is 8.07 Å². The van der Waals surface area contributed by atoms with Gasteiger partial charge in [0.2, 0.25) is 0 Å². The predicted octanol–water partition coefficient (Wildman–Crippen LogP) is 6.50. The average Bonchev–Trinajstić information content (AvgIpc) is 3.61. The molecule has 2 unspecified atom stereocenters. The van der Waals surface area contributed by atoms with Gasteiger partial charge in [-0.3, -0.25) is 0 Å². The summed E-state index contributed by atoms with van der Waals surface area (Å²) < 4.78 is 1.25. The van der Waals surface area contributed by atoms with E-state index in [0.717, 1.165) is 0 Å². The normalized spacial score (nSPS) is 18.5. The number of hydrogen-bond acceptors (Lipinski definition) is 0. The van der Waals surface area contributed by atoms with E-state index in [1.165, 1.54) is 39.8 Å². The Kier molecular flexibility index (Phi) is 10.8. The van der Waals surface area contributed by atoms with Gasteiger partial charge in [0, 0.05) is 0 Å². The SMILES string of the molecule is CCC1=C2c3c(cc(C)c(c3-c3ccc(C(C)(C)C)cc3)[Si]2(C)C)[CH]1[Zr+2][CH]1C(C(C)C)=Cc2c(-c3ccc(C(C)(C)C)cc3)cccc21.[Cl-].[Cl-]. The zero-order valence-electron chi connectivity index (χ0n) is 32.2. The third kappa shape index (κ3) is 6.27. The van der Waals surface area contributed by atoms with Crippen LogP contribution in [0.1, 0.15) is 115 Å². The molecule has 0 nitrogen and oxygen atoms in total. The monoisotopic (exact) mass is 794 g/mol. The van der Waals surface area contributed by atoms with Crippen molar-refractivity contribution in [3.8, 4) is 22.3 Å². The summed E-state index contributed by atoms with van der Waals surface area (Å²) in [4.78, 5) is 0. The molecule has 7 rings (SSSR count). The van der Waals surface area contributed by atoms with E-state index in [-0.39, 0.29) is 35.6 Å². The first-order valence-electron chi connectivity index (χ1n) is 18.3. The fraction of sp³-hybridized carbons (Fsp3) is 0.391. The first-order valence-corrected chi connectivity index (χ1v) is 24.1. The van der Waals surface area contributed by atoms with Crippen LogP contribution in [0.5, 0.6) is 0 Å². The van der Waals surface area contributed by atoms with Crippen molar-refractivity contribution in [1.29, 1.82) is 0 Å². The van der Waals surface area contributed by atoms with Crippen LogP contribution in [0.2, 0.25) is 13.1 Å². The largest absolute Gasteiger partial charge is 1.00 e. The van der Waals surface area contributed by atoms with Crippen molar-refractivity contribution in [2.45, 2.75) is 107 Å². The molecule has 0 spiro atoms. The van der Waals surface area contributed by atoms with E-state index in [2.05, 4.69) is 161 Å². The molecule has 0 aromatic heterocycles. The van der Waals surface area contributed by atoms with E-state index in [4.69, 9.17) is 0 Å². The third-order valence-electron chi connectivity index (χ3n) is 11.6. The van der Waals surface area contributed by atoms with Gasteiger partial charge in [0.25, 0.3) is 0 Å². The van der Waals surface area contributed by atoms with Crippen molar-refractivity contribution in [1.82, 2.24) is 0 Å². The van der Waals surface area contributed by atoms with Gasteiger partial charge in [-0.05, 0) is 0 Å². The van der Waals surface area contributed by atoms with Crippen LogP contribution in [0, 0.1) is 12.8 Å². The molecule has 4 aromatic carbocycles. The van der Waals surface area contributed by atoms with E-state index >= 15 is 0 Å². The Morgan fingerprint density at radius 1 is 0.720 bits per heavy atom. The summed E-state index contributed by atoms with van der Waals surface area (Å²) in [6.45, 7) is 28.9. The van der Waals surface area contributed by atoms with Gasteiger partial charge in [0.15, 0.2) is 0 Å². The van der Waals surface area contributed by atoms with Crippen molar-refractivity contribution >= 4 is 24.5 Å². The molecule has 4 heteroatoms. The molecule has 260 valence electrons. The Morgan fingerprint density at radius 2 is 1.28 bits per heavy atom. The van der Waals surface area contributed by atoms with Gasteiger partial charge < -0.3 is 24.8 Å². The molecular weight excluding hydrogens is 743 g/mol. The predicted molar refractivity (Wildman–Crippen MR) is 209 cm³/mol. The third-order valence-corrected chi connectivity index (χ3v) is 20.2. The molecule has 0 saturated heterocycles. The van der Waals surface area contributed by atoms with Crippen LogP contribution >= 0.6 is 0 Å². The Labute approximate surface area is 328 Å². The van der Waals surface area contributed by atoms with Crippen molar-refractivity contribution in [3.05, 3.63) is 123 Å². The van der Waals surface area contributed by atoms with Gasteiger partial charge in [-0.2, -0.15) is 0 Å². The van der Waals surface area contributed by atoms with Crippen LogP contribution in [0.4, 0.5) is 0 Å². The van der Waals surface area contributed by atoms with E-state index in [0.29, 0.717) is 13.2 Å². The summed E-state index contributed by atoms with van der Waals surface area (Å²) in [5, 5.41) is 3.51. The minimum atomic E-state index is -1.83.